The molecule has 4 aliphatic rings. The predicted molar refractivity (Wildman–Crippen MR) is 248 cm³/mol. The molecule has 0 amide bonds. The first-order valence-electron chi connectivity index (χ1n) is 20.5. The molecule has 2 aliphatic heterocycles. The van der Waals surface area contributed by atoms with Gasteiger partial charge in [0.05, 0.1) is 37.3 Å². The van der Waals surface area contributed by atoms with Gasteiger partial charge in [0.25, 0.3) is 0 Å². The first kappa shape index (κ1) is 46.8. The van der Waals surface area contributed by atoms with Crippen LogP contribution in [0.4, 0.5) is 0 Å². The Morgan fingerprint density at radius 3 is 1.63 bits per heavy atom. The topological polar surface area (TPSA) is 101 Å². The van der Waals surface area contributed by atoms with Crippen molar-refractivity contribution in [1.29, 1.82) is 0 Å². The summed E-state index contributed by atoms with van der Waals surface area (Å²) in [5.41, 5.74) is 2.55. The second-order valence-corrected chi connectivity index (χ2v) is 26.4. The van der Waals surface area contributed by atoms with Crippen molar-refractivity contribution in [3.63, 3.8) is 0 Å². The van der Waals surface area contributed by atoms with E-state index in [1.54, 1.807) is 0 Å². The molecule has 15 heteroatoms. The van der Waals surface area contributed by atoms with Gasteiger partial charge in [0.1, 0.15) is 12.2 Å². The maximum absolute atomic E-state index is 11.9. The molecule has 6 rings (SSSR count). The molecule has 4 fully saturated rings. The molecule has 2 aliphatic carbocycles. The quantitative estimate of drug-likeness (QED) is 0.0780. The minimum Gasteiger partial charge on any atom is -0.462 e. The normalized spacial score (nSPS) is 28.1. The molecule has 1 N–H and O–H groups in total. The van der Waals surface area contributed by atoms with Gasteiger partial charge in [0.15, 0.2) is 8.32 Å². The summed E-state index contributed by atoms with van der Waals surface area (Å²) in [5.74, 6) is 0.417. The molecule has 0 aromatic heterocycles. The number of esters is 2. The van der Waals surface area contributed by atoms with E-state index in [0.29, 0.717) is 19.3 Å². The summed E-state index contributed by atoms with van der Waals surface area (Å²) in [5, 5.41) is 10.4. The van der Waals surface area contributed by atoms with Crippen LogP contribution in [0.15, 0.2) is 85.0 Å². The number of fused-ring (bicyclic) bond motifs is 2. The molecular formula is C42H64B2O8P4Si. The summed E-state index contributed by atoms with van der Waals surface area (Å²) in [6.45, 7) is 11.5. The highest BCUT2D eigenvalue weighted by atomic mass is 31.1. The zero-order valence-corrected chi connectivity index (χ0v) is 39.9. The van der Waals surface area contributed by atoms with Crippen molar-refractivity contribution < 1.29 is 37.9 Å². The van der Waals surface area contributed by atoms with Gasteiger partial charge in [0, 0.05) is 36.5 Å². The van der Waals surface area contributed by atoms with E-state index in [0.717, 1.165) is 32.1 Å². The molecule has 2 heterocycles. The Morgan fingerprint density at radius 1 is 0.754 bits per heavy atom. The molecule has 2 aromatic carbocycles. The van der Waals surface area contributed by atoms with Gasteiger partial charge in [-0.05, 0) is 54.9 Å². The van der Waals surface area contributed by atoms with Crippen molar-refractivity contribution in [3.05, 3.63) is 96.1 Å². The fourth-order valence-corrected chi connectivity index (χ4v) is 10.4. The fourth-order valence-electron chi connectivity index (χ4n) is 8.29. The zero-order valence-electron chi connectivity index (χ0n) is 34.3. The van der Waals surface area contributed by atoms with Crippen molar-refractivity contribution in [2.75, 3.05) is 0 Å². The van der Waals surface area contributed by atoms with Crippen molar-refractivity contribution in [2.45, 2.75) is 127 Å². The number of hydrogen-bond acceptors (Lipinski definition) is 8. The number of aliphatic hydroxyl groups excluding tert-OH is 1. The summed E-state index contributed by atoms with van der Waals surface area (Å²) in [7, 11) is 8.65. The molecule has 0 radical (unpaired) electrons. The lowest BCUT2D eigenvalue weighted by molar-refractivity contribution is -0.142. The summed E-state index contributed by atoms with van der Waals surface area (Å²) < 4.78 is 29.9. The van der Waals surface area contributed by atoms with E-state index in [1.807, 2.05) is 30.4 Å². The molecule has 0 bridgehead atoms. The number of benzene rings is 2. The number of aliphatic hydroxyl groups is 1. The number of carbonyl (C=O) groups is 2. The Bertz CT molecular complexity index is 1650. The van der Waals surface area contributed by atoms with Crippen molar-refractivity contribution in [3.8, 4) is 0 Å². The lowest BCUT2D eigenvalue weighted by Crippen LogP contribution is -2.43. The Morgan fingerprint density at radius 2 is 1.19 bits per heavy atom. The number of rotatable bonds is 16. The smallest absolute Gasteiger partial charge is 0.336 e. The van der Waals surface area contributed by atoms with Gasteiger partial charge in [-0.15, -0.1) is 36.5 Å². The standard InChI is InChI=1S/C24H39BO4P2Si.C18H25BO4P2/c1-24(2,3)32(4,5)29-18(12-11-17-9-7-6-8-10-17)13-14-19-20-15-23(26)27-21(20)16-22(19)28-25(30)31;20-13(7-6-12-4-2-1-3-5-12)8-9-14-15-10-18(21)22-16(15)11-17(14)23-19(24)25/h6-10,13-14,18-22H,11-12,15-16,30-31H2,1-5H3;1-5,8-9,13-17,20H,6-7,10-11,24-25H2/b14-13+;9-8+/t18-,19-,20-,21+,22-;13-,14-,15-,16+,17-/m11/s1. The third-order valence-electron chi connectivity index (χ3n) is 12.3. The third kappa shape index (κ3) is 13.9. The molecule has 2 aromatic rings. The van der Waals surface area contributed by atoms with Crippen LogP contribution in [0.1, 0.15) is 70.4 Å². The van der Waals surface area contributed by atoms with Crippen molar-refractivity contribution in [1.82, 2.24) is 0 Å². The summed E-state index contributed by atoms with van der Waals surface area (Å²) >= 11 is 0. The Balaban J connectivity index is 0.000000224. The minimum absolute atomic E-state index is 0.0113. The molecule has 0 spiro atoms. The van der Waals surface area contributed by atoms with Crippen LogP contribution in [0.25, 0.3) is 0 Å². The van der Waals surface area contributed by atoms with Crippen LogP contribution >= 0.6 is 36.5 Å². The number of aryl methyl sites for hydroxylation is 2. The lowest BCUT2D eigenvalue weighted by atomic mass is 9.91. The average molecular weight is 871 g/mol. The minimum atomic E-state index is -1.93. The molecule has 310 valence electrons. The average Bonchev–Trinajstić information content (AvgIpc) is 3.86. The molecule has 8 nitrogen and oxygen atoms in total. The predicted octanol–water partition coefficient (Wildman–Crippen LogP) is 8.25. The number of hydrogen-bond donors (Lipinski definition) is 1. The van der Waals surface area contributed by atoms with Crippen LogP contribution in [0, 0.1) is 23.7 Å². The largest absolute Gasteiger partial charge is 0.462 e. The highest BCUT2D eigenvalue weighted by Gasteiger charge is 2.51. The van der Waals surface area contributed by atoms with E-state index < -0.39 is 14.4 Å². The highest BCUT2D eigenvalue weighted by molar-refractivity contribution is 7.92. The van der Waals surface area contributed by atoms with E-state index in [2.05, 4.69) is 125 Å². The van der Waals surface area contributed by atoms with E-state index >= 15 is 0 Å². The third-order valence-corrected chi connectivity index (χ3v) is 17.4. The maximum Gasteiger partial charge on any atom is 0.336 e. The van der Waals surface area contributed by atoms with Gasteiger partial charge >= 0.3 is 24.6 Å². The van der Waals surface area contributed by atoms with Crippen molar-refractivity contribution in [2.24, 2.45) is 23.7 Å². The monoisotopic (exact) mass is 870 g/mol. The molecule has 2 saturated heterocycles. The van der Waals surface area contributed by atoms with Gasteiger partial charge in [-0.3, -0.25) is 9.59 Å². The van der Waals surface area contributed by atoms with E-state index in [1.165, 1.54) is 11.1 Å². The summed E-state index contributed by atoms with van der Waals surface area (Å²) in [6.07, 6.45) is 13.7. The summed E-state index contributed by atoms with van der Waals surface area (Å²) in [6, 6.07) is 20.8. The van der Waals surface area contributed by atoms with Crippen LogP contribution in [0.5, 0.6) is 0 Å². The molecule has 2 saturated carbocycles. The number of ether oxygens (including phenoxy) is 2. The van der Waals surface area contributed by atoms with Gasteiger partial charge < -0.3 is 28.3 Å². The van der Waals surface area contributed by atoms with Crippen molar-refractivity contribution >= 4 is 69.4 Å². The van der Waals surface area contributed by atoms with Crippen LogP contribution in [0.2, 0.25) is 18.1 Å². The van der Waals surface area contributed by atoms with Gasteiger partial charge in [-0.1, -0.05) is 106 Å². The summed E-state index contributed by atoms with van der Waals surface area (Å²) in [4.78, 5) is 23.5. The first-order valence-corrected chi connectivity index (χ1v) is 26.1. The van der Waals surface area contributed by atoms with Gasteiger partial charge in [-0.2, -0.15) is 0 Å². The number of carbonyl (C=O) groups excluding carboxylic acids is 2. The second-order valence-electron chi connectivity index (χ2n) is 17.5. The van der Waals surface area contributed by atoms with Crippen LogP contribution in [0.3, 0.4) is 0 Å². The maximum atomic E-state index is 11.9. The van der Waals surface area contributed by atoms with E-state index in [9.17, 15) is 14.7 Å². The van der Waals surface area contributed by atoms with Crippen LogP contribution in [-0.4, -0.2) is 74.7 Å². The van der Waals surface area contributed by atoms with E-state index in [4.69, 9.17) is 23.2 Å². The van der Waals surface area contributed by atoms with Gasteiger partial charge in [-0.25, -0.2) is 0 Å². The Kier molecular flexibility index (Phi) is 17.7. The molecule has 4 unspecified atom stereocenters. The van der Waals surface area contributed by atoms with Crippen LogP contribution in [-0.2, 0) is 45.6 Å². The van der Waals surface area contributed by atoms with Gasteiger partial charge in [0.2, 0.25) is 0 Å². The lowest BCUT2D eigenvalue weighted by Gasteiger charge is -2.39. The SMILES string of the molecule is CC(C)(C)[Si](C)(C)O[C@@H](/C=C/[C@@H]1[C@H]2CC(=O)O[C@H]2C[C@H]1OB(P)P)CCc1ccccc1.O=C1C[C@@H]2[C@@H](/C=C/[C@H](O)CCc3ccccc3)[C@H](OB(P)P)C[C@@H]2O1. The molecule has 14 atom stereocenters. The Labute approximate surface area is 352 Å². The fraction of sp³-hybridized carbons (Fsp3) is 0.571. The van der Waals surface area contributed by atoms with E-state index in [-0.39, 0.29) is 83.9 Å². The highest BCUT2D eigenvalue weighted by Crippen LogP contribution is 2.46. The molecular weight excluding hydrogens is 806 g/mol. The Hall–Kier alpha value is -1.23. The van der Waals surface area contributed by atoms with Crippen LogP contribution < -0.4 is 0 Å². The molecule has 57 heavy (non-hydrogen) atoms. The first-order chi connectivity index (χ1) is 27.0. The zero-order chi connectivity index (χ0) is 41.3. The second kappa shape index (κ2) is 21.5.